The number of nitrogens with zero attached hydrogens (tertiary/aromatic N) is 11. The fourth-order valence-corrected chi connectivity index (χ4v) is 13.9. The molecule has 0 bridgehead atoms. The van der Waals surface area contributed by atoms with Gasteiger partial charge in [0.05, 0.1) is 22.2 Å². The number of phenolic OH excluding ortho intramolecular Hbond substituents is 2. The number of aryl methyl sites for hydroxylation is 2. The minimum absolute atomic E-state index is 0.00318. The van der Waals surface area contributed by atoms with Gasteiger partial charge in [-0.1, -0.05) is 59.7 Å². The van der Waals surface area contributed by atoms with Crippen LogP contribution in [0.25, 0.3) is 38.8 Å². The van der Waals surface area contributed by atoms with E-state index in [0.29, 0.717) is 83.6 Å². The average Bonchev–Trinajstić information content (AvgIpc) is 3.84. The second-order valence-electron chi connectivity index (χ2n) is 24.2. The Labute approximate surface area is 504 Å². The molecule has 85 heavy (non-hydrogen) atoms. The Kier molecular flexibility index (Phi) is 19.3. The number of carbonyl (C=O) groups excluding carboxylic acids is 3. The van der Waals surface area contributed by atoms with E-state index in [4.69, 9.17) is 9.84 Å². The highest BCUT2D eigenvalue weighted by Crippen LogP contribution is 2.40. The summed E-state index contributed by atoms with van der Waals surface area (Å²) in [6.45, 7) is 16.9. The monoisotopic (exact) mass is 1200 g/mol. The summed E-state index contributed by atoms with van der Waals surface area (Å²) in [5, 5.41) is 37.1. The van der Waals surface area contributed by atoms with Gasteiger partial charge in [-0.05, 0) is 165 Å². The number of piperazine rings is 1. The van der Waals surface area contributed by atoms with Crippen LogP contribution in [-0.2, 0) is 29.2 Å². The highest BCUT2D eigenvalue weighted by molar-refractivity contribution is 8.77. The largest absolute Gasteiger partial charge is 0.508 e. The van der Waals surface area contributed by atoms with Gasteiger partial charge in [-0.3, -0.25) is 23.9 Å². The van der Waals surface area contributed by atoms with Gasteiger partial charge in [-0.2, -0.15) is 5.10 Å². The normalized spacial score (nSPS) is 15.5. The summed E-state index contributed by atoms with van der Waals surface area (Å²) >= 11 is 0. The van der Waals surface area contributed by atoms with E-state index >= 15 is 4.39 Å². The summed E-state index contributed by atoms with van der Waals surface area (Å²) in [6, 6.07) is 23.3. The lowest BCUT2D eigenvalue weighted by atomic mass is 9.93. The van der Waals surface area contributed by atoms with Crippen LogP contribution >= 0.6 is 21.6 Å². The molecular formula is C64H80FN11O7S2. The number of hydrogen-bond acceptors (Lipinski definition) is 14. The summed E-state index contributed by atoms with van der Waals surface area (Å²) < 4.78 is 26.8. The van der Waals surface area contributed by atoms with Crippen molar-refractivity contribution < 1.29 is 33.7 Å². The SMILES string of the molecule is Cc1nnc(-c2cc(C(C)C)c(O)cc2O)n1-c1ccc2c(ccn2CCC2CCN(CCC(C)(C)SSCCOC(=O)N(CCN(C)C)Cn3nc(Cc4ccc(F)c(C(=O)N5CCN(C(=O)C6CC6)CC5)c4)c4ccccc4c3=O)CC2)c1. The molecule has 3 aliphatic rings. The van der Waals surface area contributed by atoms with Crippen LogP contribution < -0.4 is 5.56 Å². The second kappa shape index (κ2) is 26.8. The number of aromatic nitrogens is 6. The molecule has 1 aliphatic carbocycles. The number of hydrogen-bond donors (Lipinski definition) is 2. The van der Waals surface area contributed by atoms with E-state index in [9.17, 15) is 29.4 Å². The summed E-state index contributed by atoms with van der Waals surface area (Å²) in [5.41, 5.74) is 4.09. The first-order chi connectivity index (χ1) is 40.8. The summed E-state index contributed by atoms with van der Waals surface area (Å²) in [4.78, 5) is 63.6. The minimum atomic E-state index is -0.631. The quantitative estimate of drug-likeness (QED) is 0.0455. The highest BCUT2D eigenvalue weighted by atomic mass is 33.1. The van der Waals surface area contributed by atoms with E-state index in [1.807, 2.05) is 67.3 Å². The Morgan fingerprint density at radius 3 is 2.32 bits per heavy atom. The van der Waals surface area contributed by atoms with Gasteiger partial charge in [0.1, 0.15) is 36.4 Å². The fraction of sp³-hybridized carbons (Fsp3) is 0.484. The number of carbonyl (C=O) groups is 3. The Morgan fingerprint density at radius 2 is 1.59 bits per heavy atom. The van der Waals surface area contributed by atoms with Crippen LogP contribution in [-0.4, -0.2) is 172 Å². The molecule has 10 rings (SSSR count). The molecule has 0 unspecified atom stereocenters. The molecule has 18 nitrogen and oxygen atoms in total. The molecule has 21 heteroatoms. The lowest BCUT2D eigenvalue weighted by Gasteiger charge is -2.35. The molecule has 2 saturated heterocycles. The van der Waals surface area contributed by atoms with Gasteiger partial charge in [0.25, 0.3) is 11.5 Å². The van der Waals surface area contributed by atoms with Gasteiger partial charge in [0.2, 0.25) is 5.91 Å². The number of piperidine rings is 1. The van der Waals surface area contributed by atoms with Crippen LogP contribution in [0, 0.1) is 24.6 Å². The third-order valence-electron chi connectivity index (χ3n) is 16.8. The van der Waals surface area contributed by atoms with E-state index in [1.165, 1.54) is 40.1 Å². The summed E-state index contributed by atoms with van der Waals surface area (Å²) in [7, 11) is 7.34. The number of likely N-dealkylation sites (N-methyl/N-ethyl adjacent to an activating group) is 1. The highest BCUT2D eigenvalue weighted by Gasteiger charge is 2.36. The lowest BCUT2D eigenvalue weighted by molar-refractivity contribution is -0.134. The fourth-order valence-electron chi connectivity index (χ4n) is 11.5. The maximum Gasteiger partial charge on any atom is 0.411 e. The van der Waals surface area contributed by atoms with Gasteiger partial charge in [0, 0.05) is 103 Å². The number of amides is 3. The first kappa shape index (κ1) is 61.2. The van der Waals surface area contributed by atoms with E-state index in [2.05, 4.69) is 64.0 Å². The first-order valence-corrected chi connectivity index (χ1v) is 32.1. The van der Waals surface area contributed by atoms with E-state index in [-0.39, 0.29) is 71.4 Å². The van der Waals surface area contributed by atoms with Crippen molar-refractivity contribution in [2.75, 3.05) is 85.4 Å². The lowest BCUT2D eigenvalue weighted by Crippen LogP contribution is -2.51. The molecule has 5 heterocycles. The Hall–Kier alpha value is -6.94. The standard InChI is InChI=1S/C64H80FN11O7S2/c1-42(2)51-39-53(58(78)40-57(51)77)59-67-66-43(3)76(59)48-15-17-56-47(38-48)21-26-71(56)25-20-44-18-23-70(24-19-44)27-22-64(4,5)85-84-35-34-83-63(82)74(29-28-69(6)7)41-75-62(81)50-11-9-8-10-49(50)55(68-75)37-45-12-16-54(65)52(36-45)61(80)73-32-30-72(31-33-73)60(79)46-13-14-46/h8-12,15-17,21,26,36,38-40,42,44,46,77-78H,13-14,18-20,22-25,27-35,37,41H2,1-7H3. The molecule has 7 aromatic rings. The molecular weight excluding hydrogens is 1120 g/mol. The van der Waals surface area contributed by atoms with Gasteiger partial charge >= 0.3 is 6.09 Å². The van der Waals surface area contributed by atoms with Gasteiger partial charge in [-0.25, -0.2) is 13.9 Å². The molecule has 0 radical (unpaired) electrons. The molecule has 1 saturated carbocycles. The zero-order valence-electron chi connectivity index (χ0n) is 50.0. The molecule has 0 atom stereocenters. The summed E-state index contributed by atoms with van der Waals surface area (Å²) in [5.74, 6) is 1.71. The maximum atomic E-state index is 15.4. The molecule has 452 valence electrons. The predicted molar refractivity (Wildman–Crippen MR) is 334 cm³/mol. The first-order valence-electron chi connectivity index (χ1n) is 29.8. The molecule has 0 spiro atoms. The van der Waals surface area contributed by atoms with Crippen molar-refractivity contribution in [1.82, 2.24) is 53.6 Å². The molecule has 2 aliphatic heterocycles. The summed E-state index contributed by atoms with van der Waals surface area (Å²) in [6.07, 6.45) is 8.12. The number of rotatable bonds is 23. The predicted octanol–water partition coefficient (Wildman–Crippen LogP) is 10.2. The van der Waals surface area contributed by atoms with E-state index < -0.39 is 17.8 Å². The third-order valence-corrected chi connectivity index (χ3v) is 20.1. The number of likely N-dealkylation sites (tertiary alicyclic amines) is 1. The number of halogens is 1. The topological polar surface area (TPSA) is 188 Å². The minimum Gasteiger partial charge on any atom is -0.508 e. The van der Waals surface area contributed by atoms with Crippen molar-refractivity contribution >= 4 is 61.2 Å². The second-order valence-corrected chi connectivity index (χ2v) is 27.4. The zero-order chi connectivity index (χ0) is 60.1. The molecule has 2 N–H and O–H groups in total. The molecule has 3 fully saturated rings. The number of phenols is 2. The Morgan fingerprint density at radius 1 is 0.847 bits per heavy atom. The van der Waals surface area contributed by atoms with Crippen LogP contribution in [0.1, 0.15) is 105 Å². The van der Waals surface area contributed by atoms with Crippen molar-refractivity contribution in [3.8, 4) is 28.6 Å². The maximum absolute atomic E-state index is 15.4. The van der Waals surface area contributed by atoms with Gasteiger partial charge in [-0.15, -0.1) is 10.2 Å². The van der Waals surface area contributed by atoms with Crippen molar-refractivity contribution in [2.45, 2.75) is 103 Å². The number of fused-ring (bicyclic) bond motifs is 2. The smallest absolute Gasteiger partial charge is 0.411 e. The van der Waals surface area contributed by atoms with Crippen LogP contribution in [0.3, 0.4) is 0 Å². The Balaban J connectivity index is 0.677. The Bertz CT molecular complexity index is 3600. The van der Waals surface area contributed by atoms with Crippen LogP contribution in [0.5, 0.6) is 11.5 Å². The van der Waals surface area contributed by atoms with Crippen molar-refractivity contribution in [3.63, 3.8) is 0 Å². The average molecular weight is 1200 g/mol. The third kappa shape index (κ3) is 14.7. The van der Waals surface area contributed by atoms with Crippen LogP contribution in [0.15, 0.2) is 89.9 Å². The van der Waals surface area contributed by atoms with E-state index in [1.54, 1.807) is 50.9 Å². The van der Waals surface area contributed by atoms with Crippen LogP contribution in [0.2, 0.25) is 0 Å². The van der Waals surface area contributed by atoms with Crippen molar-refractivity contribution in [3.05, 3.63) is 129 Å². The number of aromatic hydroxyl groups is 2. The number of benzene rings is 4. The molecule has 3 aromatic heterocycles. The van der Waals surface area contributed by atoms with E-state index in [0.717, 1.165) is 68.5 Å². The molecule has 4 aromatic carbocycles. The number of ether oxygens (including phenoxy) is 1. The van der Waals surface area contributed by atoms with Gasteiger partial charge in [0.15, 0.2) is 5.82 Å². The molecule has 3 amide bonds. The zero-order valence-corrected chi connectivity index (χ0v) is 51.6. The van der Waals surface area contributed by atoms with Crippen molar-refractivity contribution in [1.29, 1.82) is 0 Å². The van der Waals surface area contributed by atoms with Crippen molar-refractivity contribution in [2.24, 2.45) is 11.8 Å². The van der Waals surface area contributed by atoms with Crippen LogP contribution in [0.4, 0.5) is 9.18 Å². The van der Waals surface area contributed by atoms with Gasteiger partial charge < -0.3 is 39.1 Å².